The highest BCUT2D eigenvalue weighted by Gasteiger charge is 2.33. The van der Waals surface area contributed by atoms with Crippen molar-refractivity contribution >= 4 is 5.78 Å². The second-order valence-electron chi connectivity index (χ2n) is 5.91. The van der Waals surface area contributed by atoms with Crippen LogP contribution in [-0.2, 0) is 4.79 Å². The third kappa shape index (κ3) is 4.63. The van der Waals surface area contributed by atoms with E-state index in [1.54, 1.807) is 0 Å². The molecule has 0 heterocycles. The molecule has 0 unspecified atom stereocenters. The molecule has 0 saturated heterocycles. The Morgan fingerprint density at radius 3 is 2.00 bits per heavy atom. The quantitative estimate of drug-likeness (QED) is 0.474. The second kappa shape index (κ2) is 7.66. The number of carbonyl (C=O) groups excluding carboxylic acids is 1. The third-order valence-corrected chi connectivity index (χ3v) is 4.45. The molecule has 3 heteroatoms. The summed E-state index contributed by atoms with van der Waals surface area (Å²) < 4.78 is 12.2. The van der Waals surface area contributed by atoms with Crippen LogP contribution in [0.25, 0.3) is 0 Å². The Morgan fingerprint density at radius 1 is 1.16 bits per heavy atom. The Kier molecular flexibility index (Phi) is 7.32. The van der Waals surface area contributed by atoms with Crippen molar-refractivity contribution in [3.05, 3.63) is 11.8 Å². The molecule has 0 amide bonds. The van der Waals surface area contributed by atoms with Crippen molar-refractivity contribution in [2.75, 3.05) is 6.67 Å². The molecule has 1 N–H and O–H groups in total. The molecule has 0 bridgehead atoms. The van der Waals surface area contributed by atoms with Gasteiger partial charge in [-0.25, -0.2) is 0 Å². The minimum Gasteiger partial charge on any atom is -0.512 e. The average molecular weight is 272 g/mol. The van der Waals surface area contributed by atoms with Crippen LogP contribution in [0, 0.1) is 10.8 Å². The van der Waals surface area contributed by atoms with Crippen LogP contribution < -0.4 is 0 Å². The summed E-state index contributed by atoms with van der Waals surface area (Å²) in [6.45, 7) is 9.30. The number of hydrogen-bond acceptors (Lipinski definition) is 2. The van der Waals surface area contributed by atoms with E-state index in [9.17, 15) is 14.3 Å². The molecule has 0 fully saturated rings. The molecular weight excluding hydrogens is 243 g/mol. The summed E-state index contributed by atoms with van der Waals surface area (Å²) in [5, 5.41) is 10.1. The van der Waals surface area contributed by atoms with Crippen molar-refractivity contribution < 1.29 is 14.3 Å². The van der Waals surface area contributed by atoms with Gasteiger partial charge in [-0.05, 0) is 32.1 Å². The van der Waals surface area contributed by atoms with Gasteiger partial charge in [-0.3, -0.25) is 9.18 Å². The number of ketones is 1. The molecule has 0 aromatic rings. The summed E-state index contributed by atoms with van der Waals surface area (Å²) in [4.78, 5) is 12.4. The maximum Gasteiger partial charge on any atom is 0.165 e. The molecule has 0 radical (unpaired) electrons. The van der Waals surface area contributed by atoms with Gasteiger partial charge in [-0.1, -0.05) is 34.6 Å². The number of alkyl halides is 1. The molecule has 0 aliphatic rings. The highest BCUT2D eigenvalue weighted by molar-refractivity contribution is 5.95. The molecule has 19 heavy (non-hydrogen) atoms. The summed E-state index contributed by atoms with van der Waals surface area (Å²) in [6, 6.07) is 0. The first-order valence-electron chi connectivity index (χ1n) is 7.31. The van der Waals surface area contributed by atoms with Crippen molar-refractivity contribution in [3.8, 4) is 0 Å². The first kappa shape index (κ1) is 18.1. The molecule has 0 aromatic heterocycles. The van der Waals surface area contributed by atoms with Crippen LogP contribution in [0.4, 0.5) is 4.39 Å². The van der Waals surface area contributed by atoms with E-state index in [1.807, 2.05) is 34.6 Å². The molecule has 0 aromatic carbocycles. The van der Waals surface area contributed by atoms with Crippen molar-refractivity contribution in [3.63, 3.8) is 0 Å². The van der Waals surface area contributed by atoms with Crippen molar-refractivity contribution in [2.45, 2.75) is 66.7 Å². The number of rotatable bonds is 9. The molecule has 0 atom stereocenters. The average Bonchev–Trinajstić information content (AvgIpc) is 2.39. The predicted molar refractivity (Wildman–Crippen MR) is 78.0 cm³/mol. The number of allylic oxidation sites excluding steroid dienone is 2. The van der Waals surface area contributed by atoms with E-state index in [1.165, 1.54) is 6.08 Å². The lowest BCUT2D eigenvalue weighted by Gasteiger charge is -2.29. The third-order valence-electron chi connectivity index (χ3n) is 4.45. The lowest BCUT2D eigenvalue weighted by atomic mass is 9.74. The Labute approximate surface area is 117 Å². The van der Waals surface area contributed by atoms with Gasteiger partial charge in [0.1, 0.15) is 5.76 Å². The van der Waals surface area contributed by atoms with Gasteiger partial charge in [0.25, 0.3) is 0 Å². The molecule has 0 rings (SSSR count). The lowest BCUT2D eigenvalue weighted by Crippen LogP contribution is -2.29. The molecule has 0 aliphatic carbocycles. The smallest absolute Gasteiger partial charge is 0.165 e. The molecule has 112 valence electrons. The Morgan fingerprint density at radius 2 is 1.63 bits per heavy atom. The summed E-state index contributed by atoms with van der Waals surface area (Å²) >= 11 is 0. The van der Waals surface area contributed by atoms with E-state index in [2.05, 4.69) is 0 Å². The van der Waals surface area contributed by atoms with Gasteiger partial charge in [0.15, 0.2) is 5.78 Å². The van der Waals surface area contributed by atoms with E-state index in [4.69, 9.17) is 0 Å². The number of aliphatic hydroxyl groups excluding tert-OH is 1. The first-order valence-corrected chi connectivity index (χ1v) is 7.31. The second-order valence-corrected chi connectivity index (χ2v) is 5.91. The van der Waals surface area contributed by atoms with Crippen LogP contribution in [-0.4, -0.2) is 17.6 Å². The SMILES string of the molecule is CCC(CC)(CC)C(=O)C=C(O)C(C)(C)CCCF. The van der Waals surface area contributed by atoms with Crippen molar-refractivity contribution in [2.24, 2.45) is 10.8 Å². The topological polar surface area (TPSA) is 37.3 Å². The molecular formula is C16H29FO2. The molecule has 0 saturated carbocycles. The lowest BCUT2D eigenvalue weighted by molar-refractivity contribution is -0.124. The Bertz CT molecular complexity index is 306. The minimum absolute atomic E-state index is 0.00850. The van der Waals surface area contributed by atoms with E-state index in [0.717, 1.165) is 19.3 Å². The van der Waals surface area contributed by atoms with Crippen LogP contribution in [0.3, 0.4) is 0 Å². The summed E-state index contributed by atoms with van der Waals surface area (Å²) in [6.07, 6.45) is 4.62. The van der Waals surface area contributed by atoms with Gasteiger partial charge in [0.05, 0.1) is 6.67 Å². The molecule has 0 spiro atoms. The zero-order valence-corrected chi connectivity index (χ0v) is 13.1. The first-order chi connectivity index (χ1) is 8.79. The molecule has 0 aliphatic heterocycles. The maximum atomic E-state index is 12.4. The van der Waals surface area contributed by atoms with E-state index >= 15 is 0 Å². The Balaban J connectivity index is 5.06. The van der Waals surface area contributed by atoms with Crippen LogP contribution in [0.15, 0.2) is 11.8 Å². The fourth-order valence-electron chi connectivity index (χ4n) is 2.38. The van der Waals surface area contributed by atoms with Crippen LogP contribution in [0.5, 0.6) is 0 Å². The van der Waals surface area contributed by atoms with Crippen molar-refractivity contribution in [1.82, 2.24) is 0 Å². The van der Waals surface area contributed by atoms with E-state index in [0.29, 0.717) is 12.8 Å². The van der Waals surface area contributed by atoms with Crippen molar-refractivity contribution in [1.29, 1.82) is 0 Å². The van der Waals surface area contributed by atoms with Crippen LogP contribution in [0.2, 0.25) is 0 Å². The standard InChI is InChI=1S/C16H29FO2/c1-6-16(7-2,8-3)14(19)12-13(18)15(4,5)10-9-11-17/h12,18H,6-11H2,1-5H3. The van der Waals surface area contributed by atoms with Gasteiger partial charge in [-0.2, -0.15) is 0 Å². The van der Waals surface area contributed by atoms with Crippen LogP contribution >= 0.6 is 0 Å². The monoisotopic (exact) mass is 272 g/mol. The van der Waals surface area contributed by atoms with Crippen LogP contribution in [0.1, 0.15) is 66.7 Å². The highest BCUT2D eigenvalue weighted by Crippen LogP contribution is 2.35. The normalized spacial score (nSPS) is 13.7. The largest absolute Gasteiger partial charge is 0.512 e. The predicted octanol–water partition coefficient (Wildman–Crippen LogP) is 4.99. The molecule has 2 nitrogen and oxygen atoms in total. The summed E-state index contributed by atoms with van der Waals surface area (Å²) in [7, 11) is 0. The minimum atomic E-state index is -0.539. The van der Waals surface area contributed by atoms with Gasteiger partial charge >= 0.3 is 0 Å². The number of hydrogen-bond donors (Lipinski definition) is 1. The van der Waals surface area contributed by atoms with E-state index in [-0.39, 0.29) is 17.0 Å². The zero-order valence-electron chi connectivity index (χ0n) is 13.1. The summed E-state index contributed by atoms with van der Waals surface area (Å²) in [5.74, 6) is 0.0662. The van der Waals surface area contributed by atoms with Gasteiger partial charge in [-0.15, -0.1) is 0 Å². The summed E-state index contributed by atoms with van der Waals surface area (Å²) in [5.41, 5.74) is -0.910. The van der Waals surface area contributed by atoms with Gasteiger partial charge in [0.2, 0.25) is 0 Å². The van der Waals surface area contributed by atoms with E-state index < -0.39 is 12.1 Å². The maximum absolute atomic E-state index is 12.4. The Hall–Kier alpha value is -0.860. The van der Waals surface area contributed by atoms with Gasteiger partial charge < -0.3 is 5.11 Å². The zero-order chi connectivity index (χ0) is 15.1. The number of halogens is 1. The van der Waals surface area contributed by atoms with Gasteiger partial charge in [0, 0.05) is 16.9 Å². The fraction of sp³-hybridized carbons (Fsp3) is 0.812. The highest BCUT2D eigenvalue weighted by atomic mass is 19.1. The number of carbonyl (C=O) groups is 1. The number of aliphatic hydroxyl groups is 1. The fourth-order valence-corrected chi connectivity index (χ4v) is 2.38.